The minimum absolute atomic E-state index is 0.223. The summed E-state index contributed by atoms with van der Waals surface area (Å²) in [5.41, 5.74) is 3.12. The van der Waals surface area contributed by atoms with Crippen molar-refractivity contribution in [3.8, 4) is 11.5 Å². The molecule has 0 aliphatic carbocycles. The lowest BCUT2D eigenvalue weighted by Gasteiger charge is -2.19. The Morgan fingerprint density at radius 1 is 1.03 bits per heavy atom. The van der Waals surface area contributed by atoms with Crippen molar-refractivity contribution in [2.24, 2.45) is 4.99 Å². The van der Waals surface area contributed by atoms with Crippen LogP contribution < -0.4 is 13.8 Å². The van der Waals surface area contributed by atoms with Gasteiger partial charge >= 0.3 is 5.97 Å². The number of carbonyl (C=O) groups is 1. The maximum atomic E-state index is 13.1. The summed E-state index contributed by atoms with van der Waals surface area (Å²) in [6.07, 6.45) is 2.33. The minimum Gasteiger partial charge on any atom is -0.493 e. The Morgan fingerprint density at radius 3 is 2.50 bits per heavy atom. The van der Waals surface area contributed by atoms with Gasteiger partial charge in [-0.05, 0) is 66.1 Å². The van der Waals surface area contributed by atoms with E-state index in [0.717, 1.165) is 16.8 Å². The summed E-state index contributed by atoms with van der Waals surface area (Å²) in [6, 6.07) is 19.1. The van der Waals surface area contributed by atoms with Gasteiger partial charge in [-0.1, -0.05) is 18.2 Å². The van der Waals surface area contributed by atoms with Crippen LogP contribution in [0.25, 0.3) is 0 Å². The number of benzene rings is 3. The molecule has 32 heavy (non-hydrogen) atoms. The molecule has 0 bridgehead atoms. The van der Waals surface area contributed by atoms with E-state index in [-0.39, 0.29) is 4.90 Å². The van der Waals surface area contributed by atoms with Crippen molar-refractivity contribution in [3.05, 3.63) is 77.9 Å². The molecule has 1 aliphatic heterocycles. The Hall–Kier alpha value is -3.65. The fourth-order valence-electron chi connectivity index (χ4n) is 3.54. The van der Waals surface area contributed by atoms with E-state index in [1.165, 1.54) is 18.3 Å². The second-order valence-electron chi connectivity index (χ2n) is 7.21. The first kappa shape index (κ1) is 21.6. The van der Waals surface area contributed by atoms with Crippen LogP contribution in [0.15, 0.2) is 76.6 Å². The van der Waals surface area contributed by atoms with Gasteiger partial charge in [-0.15, -0.1) is 0 Å². The zero-order valence-electron chi connectivity index (χ0n) is 17.7. The molecule has 0 radical (unpaired) electrons. The van der Waals surface area contributed by atoms with Crippen molar-refractivity contribution in [3.63, 3.8) is 0 Å². The average molecular weight is 451 g/mol. The standard InChI is InChI=1S/C24H22N2O5S/c1-17(27)31-23-12-7-18(15-24(23)30-2)16-25-20-8-10-21(11-9-20)32(28,29)26-14-13-19-5-3-4-6-22(19)26/h3-12,15-16H,13-14H2,1-2H3. The molecule has 3 aromatic carbocycles. The zero-order chi connectivity index (χ0) is 22.7. The van der Waals surface area contributed by atoms with Gasteiger partial charge < -0.3 is 9.47 Å². The Morgan fingerprint density at radius 2 is 1.78 bits per heavy atom. The molecule has 1 aliphatic rings. The van der Waals surface area contributed by atoms with Crippen LogP contribution in [-0.4, -0.2) is 34.3 Å². The summed E-state index contributed by atoms with van der Waals surface area (Å²) in [5.74, 6) is 0.309. The molecule has 1 heterocycles. The Bertz CT molecular complexity index is 1280. The molecule has 0 aromatic heterocycles. The van der Waals surface area contributed by atoms with E-state index in [1.807, 2.05) is 24.3 Å². The lowest BCUT2D eigenvalue weighted by Crippen LogP contribution is -2.29. The first-order chi connectivity index (χ1) is 15.4. The highest BCUT2D eigenvalue weighted by atomic mass is 32.2. The first-order valence-electron chi connectivity index (χ1n) is 10.00. The largest absolute Gasteiger partial charge is 0.493 e. The number of carbonyl (C=O) groups excluding carboxylic acids is 1. The summed E-state index contributed by atoms with van der Waals surface area (Å²) in [6.45, 7) is 1.76. The second kappa shape index (κ2) is 8.84. The van der Waals surface area contributed by atoms with Crippen molar-refractivity contribution >= 4 is 33.6 Å². The van der Waals surface area contributed by atoms with Gasteiger partial charge in [0.15, 0.2) is 11.5 Å². The van der Waals surface area contributed by atoms with Crippen molar-refractivity contribution in [2.45, 2.75) is 18.2 Å². The van der Waals surface area contributed by atoms with Gasteiger partial charge in [-0.25, -0.2) is 8.42 Å². The number of fused-ring (bicyclic) bond motifs is 1. The van der Waals surface area contributed by atoms with Gasteiger partial charge in [-0.3, -0.25) is 14.1 Å². The second-order valence-corrected chi connectivity index (χ2v) is 9.07. The van der Waals surface area contributed by atoms with Crippen LogP contribution in [0.5, 0.6) is 11.5 Å². The molecular weight excluding hydrogens is 428 g/mol. The van der Waals surface area contributed by atoms with Crippen molar-refractivity contribution in [2.75, 3.05) is 18.0 Å². The number of para-hydroxylation sites is 1. The Balaban J connectivity index is 1.52. The molecule has 4 rings (SSSR count). The van der Waals surface area contributed by atoms with Crippen LogP contribution >= 0.6 is 0 Å². The molecule has 0 fully saturated rings. The molecular formula is C24H22N2O5S. The number of sulfonamides is 1. The number of hydrogen-bond donors (Lipinski definition) is 0. The van der Waals surface area contributed by atoms with Gasteiger partial charge in [-0.2, -0.15) is 0 Å². The van der Waals surface area contributed by atoms with E-state index in [1.54, 1.807) is 48.7 Å². The van der Waals surface area contributed by atoms with Gasteiger partial charge in [0.05, 0.1) is 23.4 Å². The molecule has 3 aromatic rings. The maximum Gasteiger partial charge on any atom is 0.308 e. The third-order valence-corrected chi connectivity index (χ3v) is 6.90. The van der Waals surface area contributed by atoms with Crippen LogP contribution in [0, 0.1) is 0 Å². The molecule has 0 unspecified atom stereocenters. The number of aliphatic imine (C=N–C) groups is 1. The predicted molar refractivity (Wildman–Crippen MR) is 123 cm³/mol. The summed E-state index contributed by atoms with van der Waals surface area (Å²) in [4.78, 5) is 15.8. The summed E-state index contributed by atoms with van der Waals surface area (Å²) in [5, 5.41) is 0. The van der Waals surface area contributed by atoms with Crippen LogP contribution in [-0.2, 0) is 21.2 Å². The van der Waals surface area contributed by atoms with Crippen LogP contribution in [0.3, 0.4) is 0 Å². The predicted octanol–water partition coefficient (Wildman–Crippen LogP) is 4.12. The van der Waals surface area contributed by atoms with Crippen molar-refractivity contribution < 1.29 is 22.7 Å². The van der Waals surface area contributed by atoms with E-state index in [9.17, 15) is 13.2 Å². The lowest BCUT2D eigenvalue weighted by molar-refractivity contribution is -0.132. The number of methoxy groups -OCH3 is 1. The smallest absolute Gasteiger partial charge is 0.308 e. The van der Waals surface area contributed by atoms with E-state index in [2.05, 4.69) is 4.99 Å². The van der Waals surface area contributed by atoms with Crippen molar-refractivity contribution in [1.29, 1.82) is 0 Å². The zero-order valence-corrected chi connectivity index (χ0v) is 18.5. The Labute approximate surface area is 187 Å². The highest BCUT2D eigenvalue weighted by molar-refractivity contribution is 7.92. The van der Waals surface area contributed by atoms with E-state index in [4.69, 9.17) is 9.47 Å². The topological polar surface area (TPSA) is 85.3 Å². The molecule has 0 saturated carbocycles. The number of rotatable bonds is 6. The van der Waals surface area contributed by atoms with Crippen LogP contribution in [0.2, 0.25) is 0 Å². The fourth-order valence-corrected chi connectivity index (χ4v) is 5.04. The molecule has 164 valence electrons. The highest BCUT2D eigenvalue weighted by Crippen LogP contribution is 2.33. The number of anilines is 1. The number of nitrogens with zero attached hydrogens (tertiary/aromatic N) is 2. The van der Waals surface area contributed by atoms with Gasteiger partial charge in [0.1, 0.15) is 0 Å². The number of ether oxygens (including phenoxy) is 2. The fraction of sp³-hybridized carbons (Fsp3) is 0.167. The van der Waals surface area contributed by atoms with Gasteiger partial charge in [0, 0.05) is 19.7 Å². The lowest BCUT2D eigenvalue weighted by atomic mass is 10.2. The average Bonchev–Trinajstić information content (AvgIpc) is 3.23. The summed E-state index contributed by atoms with van der Waals surface area (Å²) >= 11 is 0. The van der Waals surface area contributed by atoms with Crippen LogP contribution in [0.1, 0.15) is 18.1 Å². The maximum absolute atomic E-state index is 13.1. The number of hydrogen-bond acceptors (Lipinski definition) is 6. The first-order valence-corrected chi connectivity index (χ1v) is 11.4. The minimum atomic E-state index is -3.64. The normalized spacial score (nSPS) is 13.2. The summed E-state index contributed by atoms with van der Waals surface area (Å²) in [7, 11) is -2.15. The quantitative estimate of drug-likeness (QED) is 0.320. The molecule has 0 N–H and O–H groups in total. The SMILES string of the molecule is COc1cc(C=Nc2ccc(S(=O)(=O)N3CCc4ccccc43)cc2)ccc1OC(C)=O. The highest BCUT2D eigenvalue weighted by Gasteiger charge is 2.30. The Kier molecular flexibility index (Phi) is 5.96. The van der Waals surface area contributed by atoms with E-state index >= 15 is 0 Å². The summed E-state index contributed by atoms with van der Waals surface area (Å²) < 4.78 is 38.0. The molecule has 0 atom stereocenters. The monoisotopic (exact) mass is 450 g/mol. The van der Waals surface area contributed by atoms with E-state index < -0.39 is 16.0 Å². The molecule has 7 nitrogen and oxygen atoms in total. The third kappa shape index (κ3) is 4.36. The van der Waals surface area contributed by atoms with Gasteiger partial charge in [0.25, 0.3) is 10.0 Å². The van der Waals surface area contributed by atoms with Crippen LogP contribution in [0.4, 0.5) is 11.4 Å². The number of esters is 1. The molecule has 8 heteroatoms. The van der Waals surface area contributed by atoms with E-state index in [0.29, 0.717) is 30.2 Å². The van der Waals surface area contributed by atoms with Gasteiger partial charge in [0.2, 0.25) is 0 Å². The molecule has 0 amide bonds. The molecule has 0 saturated heterocycles. The van der Waals surface area contributed by atoms with Crippen molar-refractivity contribution in [1.82, 2.24) is 0 Å². The molecule has 0 spiro atoms. The third-order valence-electron chi connectivity index (χ3n) is 5.07.